The maximum Gasteiger partial charge on any atom is 0.208 e. The number of ether oxygens (including phenoxy) is 1. The molecule has 0 bridgehead atoms. The summed E-state index contributed by atoms with van der Waals surface area (Å²) in [5.41, 5.74) is 0. The van der Waals surface area contributed by atoms with Gasteiger partial charge in [-0.1, -0.05) is 18.2 Å². The molecule has 16 heavy (non-hydrogen) atoms. The number of rotatable bonds is 5. The van der Waals surface area contributed by atoms with Gasteiger partial charge in [0, 0.05) is 0 Å². The van der Waals surface area contributed by atoms with Crippen molar-refractivity contribution in [2.45, 2.75) is 22.7 Å². The highest BCUT2D eigenvalue weighted by Gasteiger charge is 2.56. The lowest BCUT2D eigenvalue weighted by atomic mass is 10.4. The van der Waals surface area contributed by atoms with Crippen molar-refractivity contribution >= 4 is 16.1 Å². The van der Waals surface area contributed by atoms with Gasteiger partial charge in [-0.15, -0.1) is 0 Å². The van der Waals surface area contributed by atoms with E-state index in [0.717, 1.165) is 0 Å². The van der Waals surface area contributed by atoms with Crippen LogP contribution in [0.15, 0.2) is 35.2 Å². The largest absolute Gasteiger partial charge is 0.351 e. The molecule has 0 aromatic heterocycles. The molecule has 86 valence electrons. The second kappa shape index (κ2) is 3.99. The maximum atomic E-state index is 12.2. The van der Waals surface area contributed by atoms with E-state index in [1.54, 1.807) is 30.3 Å². The molecule has 0 N–H and O–H groups in total. The van der Waals surface area contributed by atoms with Crippen LogP contribution in [0.25, 0.3) is 0 Å². The fraction of sp³-hybridized carbons (Fsp3) is 0.364. The van der Waals surface area contributed by atoms with Crippen LogP contribution in [-0.2, 0) is 19.4 Å². The number of hydrogen-bond donors (Lipinski definition) is 0. The summed E-state index contributed by atoms with van der Waals surface area (Å²) in [6, 6.07) is 8.18. The van der Waals surface area contributed by atoms with E-state index in [2.05, 4.69) is 0 Å². The molecule has 1 saturated carbocycles. The molecule has 0 aliphatic heterocycles. The van der Waals surface area contributed by atoms with Gasteiger partial charge in [0.1, 0.15) is 12.9 Å². The molecule has 0 spiro atoms. The molecule has 2 rings (SSSR count). The van der Waals surface area contributed by atoms with E-state index in [4.69, 9.17) is 4.74 Å². The molecule has 1 aromatic rings. The van der Waals surface area contributed by atoms with Crippen LogP contribution in [-0.4, -0.2) is 26.2 Å². The minimum absolute atomic E-state index is 0.175. The quantitative estimate of drug-likeness (QED) is 0.725. The van der Waals surface area contributed by atoms with E-state index in [0.29, 0.717) is 19.1 Å². The van der Waals surface area contributed by atoms with Crippen LogP contribution in [0.4, 0.5) is 0 Å². The van der Waals surface area contributed by atoms with E-state index >= 15 is 0 Å². The molecule has 0 heterocycles. The maximum absolute atomic E-state index is 12.2. The fourth-order valence-corrected chi connectivity index (χ4v) is 3.40. The topological polar surface area (TPSA) is 60.4 Å². The summed E-state index contributed by atoms with van der Waals surface area (Å²) in [4.78, 5) is 9.31. The van der Waals surface area contributed by atoms with Gasteiger partial charge in [-0.2, -0.15) is 0 Å². The zero-order valence-corrected chi connectivity index (χ0v) is 9.44. The van der Waals surface area contributed by atoms with Gasteiger partial charge in [-0.05, 0) is 25.0 Å². The monoisotopic (exact) mass is 240 g/mol. The third-order valence-corrected chi connectivity index (χ3v) is 5.01. The lowest BCUT2D eigenvalue weighted by Crippen LogP contribution is -2.27. The predicted molar refractivity (Wildman–Crippen MR) is 57.6 cm³/mol. The lowest BCUT2D eigenvalue weighted by molar-refractivity contribution is -0.112. The molecule has 1 aromatic carbocycles. The average Bonchev–Trinajstić information content (AvgIpc) is 3.09. The molecule has 0 unspecified atom stereocenters. The summed E-state index contributed by atoms with van der Waals surface area (Å²) < 4.78 is 29.5. The molecular formula is C11H12O4S. The average molecular weight is 240 g/mol. The van der Waals surface area contributed by atoms with Gasteiger partial charge in [0.15, 0.2) is 4.93 Å². The summed E-state index contributed by atoms with van der Waals surface area (Å²) in [6.07, 6.45) is 1.48. The first-order chi connectivity index (χ1) is 7.62. The van der Waals surface area contributed by atoms with Crippen molar-refractivity contribution in [3.8, 4) is 0 Å². The molecule has 1 aliphatic rings. The molecule has 1 aliphatic carbocycles. The molecule has 0 saturated heterocycles. The summed E-state index contributed by atoms with van der Waals surface area (Å²) >= 11 is 0. The highest BCUT2D eigenvalue weighted by Crippen LogP contribution is 2.47. The van der Waals surface area contributed by atoms with E-state index in [-0.39, 0.29) is 11.5 Å². The lowest BCUT2D eigenvalue weighted by Gasteiger charge is -2.15. The first-order valence-corrected chi connectivity index (χ1v) is 6.48. The first kappa shape index (κ1) is 11.3. The number of hydrogen-bond acceptors (Lipinski definition) is 4. The Morgan fingerprint density at radius 1 is 1.25 bits per heavy atom. The zero-order chi connectivity index (χ0) is 11.6. The summed E-state index contributed by atoms with van der Waals surface area (Å²) in [6.45, 7) is -0.175. The molecule has 1 fully saturated rings. The van der Waals surface area contributed by atoms with Crippen molar-refractivity contribution in [2.24, 2.45) is 0 Å². The Kier molecular flexibility index (Phi) is 2.82. The van der Waals surface area contributed by atoms with Crippen LogP contribution >= 0.6 is 0 Å². The SMILES string of the molecule is O=CCOC1(S(=O)(=O)c2ccccc2)CC1. The van der Waals surface area contributed by atoms with Crippen LogP contribution in [0.3, 0.4) is 0 Å². The van der Waals surface area contributed by atoms with Crippen molar-refractivity contribution in [2.75, 3.05) is 6.61 Å². The van der Waals surface area contributed by atoms with Crippen molar-refractivity contribution in [3.05, 3.63) is 30.3 Å². The fourth-order valence-electron chi connectivity index (χ4n) is 1.59. The van der Waals surface area contributed by atoms with E-state index in [9.17, 15) is 13.2 Å². The van der Waals surface area contributed by atoms with Gasteiger partial charge in [0.2, 0.25) is 9.84 Å². The van der Waals surface area contributed by atoms with Crippen LogP contribution in [0.1, 0.15) is 12.8 Å². The van der Waals surface area contributed by atoms with Gasteiger partial charge >= 0.3 is 0 Å². The van der Waals surface area contributed by atoms with Crippen LogP contribution in [0.2, 0.25) is 0 Å². The summed E-state index contributed by atoms with van der Waals surface area (Å²) in [5, 5.41) is 0. The van der Waals surface area contributed by atoms with Crippen LogP contribution in [0.5, 0.6) is 0 Å². The van der Waals surface area contributed by atoms with E-state index < -0.39 is 14.8 Å². The minimum Gasteiger partial charge on any atom is -0.351 e. The Morgan fingerprint density at radius 2 is 1.88 bits per heavy atom. The zero-order valence-electron chi connectivity index (χ0n) is 8.63. The highest BCUT2D eigenvalue weighted by molar-refractivity contribution is 7.93. The Balaban J connectivity index is 2.30. The van der Waals surface area contributed by atoms with Crippen LogP contribution in [0, 0.1) is 0 Å². The van der Waals surface area contributed by atoms with E-state index in [1.165, 1.54) is 0 Å². The number of aldehydes is 1. The summed E-state index contributed by atoms with van der Waals surface area (Å²) in [5.74, 6) is 0. The minimum atomic E-state index is -3.48. The number of benzene rings is 1. The smallest absolute Gasteiger partial charge is 0.208 e. The molecule has 4 nitrogen and oxygen atoms in total. The molecule has 0 atom stereocenters. The Labute approximate surface area is 94.2 Å². The van der Waals surface area contributed by atoms with Gasteiger partial charge in [0.05, 0.1) is 4.90 Å². The third kappa shape index (κ3) is 1.76. The number of carbonyl (C=O) groups is 1. The van der Waals surface area contributed by atoms with Crippen LogP contribution < -0.4 is 0 Å². The molecule has 5 heteroatoms. The van der Waals surface area contributed by atoms with E-state index in [1.807, 2.05) is 0 Å². The van der Waals surface area contributed by atoms with Gasteiger partial charge in [-0.25, -0.2) is 8.42 Å². The second-order valence-corrected chi connectivity index (χ2v) is 5.93. The van der Waals surface area contributed by atoms with Crippen molar-refractivity contribution in [1.29, 1.82) is 0 Å². The van der Waals surface area contributed by atoms with Crippen molar-refractivity contribution in [3.63, 3.8) is 0 Å². The van der Waals surface area contributed by atoms with Gasteiger partial charge in [-0.3, -0.25) is 0 Å². The Morgan fingerprint density at radius 3 is 2.38 bits per heavy atom. The third-order valence-electron chi connectivity index (χ3n) is 2.62. The Hall–Kier alpha value is -1.20. The second-order valence-electron chi connectivity index (χ2n) is 3.70. The number of carbonyl (C=O) groups excluding carboxylic acids is 1. The first-order valence-electron chi connectivity index (χ1n) is 5.00. The van der Waals surface area contributed by atoms with Gasteiger partial charge in [0.25, 0.3) is 0 Å². The molecule has 0 amide bonds. The van der Waals surface area contributed by atoms with Crippen molar-refractivity contribution in [1.82, 2.24) is 0 Å². The number of sulfone groups is 1. The van der Waals surface area contributed by atoms with Gasteiger partial charge < -0.3 is 9.53 Å². The van der Waals surface area contributed by atoms with Crippen molar-refractivity contribution < 1.29 is 17.9 Å². The molecule has 0 radical (unpaired) electrons. The summed E-state index contributed by atoms with van der Waals surface area (Å²) in [7, 11) is -3.48. The Bertz CT molecular complexity index is 474. The normalized spacial score (nSPS) is 18.0. The highest BCUT2D eigenvalue weighted by atomic mass is 32.2. The molecular weight excluding hydrogens is 228 g/mol. The standard InChI is InChI=1S/C11H12O4S/c12-8-9-15-11(6-7-11)16(13,14)10-4-2-1-3-5-10/h1-5,8H,6-7,9H2. The predicted octanol–water partition coefficient (Wildman–Crippen LogP) is 1.17.